The molecule has 0 spiro atoms. The van der Waals surface area contributed by atoms with Crippen LogP contribution in [-0.4, -0.2) is 9.55 Å². The Hall–Kier alpha value is -3.57. The molecule has 2 nitrogen and oxygen atoms in total. The fraction of sp³-hybridized carbons (Fsp3) is 0.324. The van der Waals surface area contributed by atoms with Gasteiger partial charge in [-0.15, -0.1) is 0 Å². The van der Waals surface area contributed by atoms with Gasteiger partial charge in [0.2, 0.25) is 0 Å². The molecule has 0 saturated carbocycles. The molecular formula is C34H38N2. The van der Waals surface area contributed by atoms with Crippen molar-refractivity contribution in [3.63, 3.8) is 0 Å². The van der Waals surface area contributed by atoms with Gasteiger partial charge in [-0.2, -0.15) is 0 Å². The molecule has 0 fully saturated rings. The molecule has 3 aromatic carbocycles. The lowest BCUT2D eigenvalue weighted by atomic mass is 9.77. The van der Waals surface area contributed by atoms with E-state index in [1.807, 2.05) is 6.33 Å². The van der Waals surface area contributed by atoms with Crippen LogP contribution in [0, 0.1) is 11.8 Å². The summed E-state index contributed by atoms with van der Waals surface area (Å²) in [5.41, 5.74) is 3.87. The SMILES string of the molecule is CCCCCCCCCCC#Cc1cn(C(c2ccccc2)(c2ccccc2)c2ccccc2)cn1. The lowest BCUT2D eigenvalue weighted by molar-refractivity contribution is 0.514. The van der Waals surface area contributed by atoms with E-state index in [0.717, 1.165) is 12.1 Å². The zero-order valence-corrected chi connectivity index (χ0v) is 21.6. The van der Waals surface area contributed by atoms with E-state index in [2.05, 4.69) is 121 Å². The third-order valence-corrected chi connectivity index (χ3v) is 6.92. The van der Waals surface area contributed by atoms with Crippen molar-refractivity contribution in [2.75, 3.05) is 0 Å². The molecule has 0 atom stereocenters. The molecule has 1 heterocycles. The van der Waals surface area contributed by atoms with Crippen molar-refractivity contribution in [3.05, 3.63) is 126 Å². The second-order valence-corrected chi connectivity index (χ2v) is 9.50. The molecule has 0 aliphatic rings. The van der Waals surface area contributed by atoms with Crippen molar-refractivity contribution in [3.8, 4) is 11.8 Å². The summed E-state index contributed by atoms with van der Waals surface area (Å²) in [7, 11) is 0. The van der Waals surface area contributed by atoms with E-state index < -0.39 is 5.54 Å². The molecule has 4 aromatic rings. The predicted molar refractivity (Wildman–Crippen MR) is 151 cm³/mol. The van der Waals surface area contributed by atoms with Gasteiger partial charge in [0.15, 0.2) is 0 Å². The summed E-state index contributed by atoms with van der Waals surface area (Å²) in [5, 5.41) is 0. The summed E-state index contributed by atoms with van der Waals surface area (Å²) in [6.07, 6.45) is 15.6. The second kappa shape index (κ2) is 13.5. The van der Waals surface area contributed by atoms with Crippen LogP contribution in [0.4, 0.5) is 0 Å². The molecule has 0 unspecified atom stereocenters. The number of hydrogen-bond donors (Lipinski definition) is 0. The zero-order valence-electron chi connectivity index (χ0n) is 21.6. The Kier molecular flexibility index (Phi) is 9.57. The highest BCUT2D eigenvalue weighted by atomic mass is 15.1. The first-order valence-corrected chi connectivity index (χ1v) is 13.6. The number of hydrogen-bond acceptors (Lipinski definition) is 1. The van der Waals surface area contributed by atoms with Gasteiger partial charge >= 0.3 is 0 Å². The van der Waals surface area contributed by atoms with Crippen LogP contribution in [0.3, 0.4) is 0 Å². The summed E-state index contributed by atoms with van der Waals surface area (Å²) in [6, 6.07) is 32.1. The van der Waals surface area contributed by atoms with Gasteiger partial charge in [0.05, 0.1) is 6.33 Å². The van der Waals surface area contributed by atoms with Crippen molar-refractivity contribution in [1.82, 2.24) is 9.55 Å². The third kappa shape index (κ3) is 6.16. The Morgan fingerprint density at radius 1 is 0.639 bits per heavy atom. The summed E-state index contributed by atoms with van der Waals surface area (Å²) in [5.74, 6) is 6.70. The normalized spacial score (nSPS) is 11.1. The van der Waals surface area contributed by atoms with Gasteiger partial charge in [0.25, 0.3) is 0 Å². The average molecular weight is 475 g/mol. The molecule has 4 rings (SSSR count). The fourth-order valence-corrected chi connectivity index (χ4v) is 5.06. The number of rotatable bonds is 12. The minimum absolute atomic E-state index is 0.533. The molecule has 0 aliphatic heterocycles. The Bertz CT molecular complexity index is 1120. The number of aromatic nitrogens is 2. The Labute approximate surface area is 217 Å². The van der Waals surface area contributed by atoms with Gasteiger partial charge in [0.1, 0.15) is 11.2 Å². The quantitative estimate of drug-likeness (QED) is 0.114. The van der Waals surface area contributed by atoms with Gasteiger partial charge in [-0.1, -0.05) is 149 Å². The molecule has 2 heteroatoms. The number of imidazole rings is 1. The number of unbranched alkanes of at least 4 members (excludes halogenated alkanes) is 8. The van der Waals surface area contributed by atoms with Crippen LogP contribution in [0.1, 0.15) is 87.1 Å². The predicted octanol–water partition coefficient (Wildman–Crippen LogP) is 8.61. The van der Waals surface area contributed by atoms with Crippen LogP contribution < -0.4 is 0 Å². The van der Waals surface area contributed by atoms with E-state index >= 15 is 0 Å². The molecule has 0 saturated heterocycles. The summed E-state index contributed by atoms with van der Waals surface area (Å²) in [6.45, 7) is 2.27. The minimum atomic E-state index is -0.533. The van der Waals surface area contributed by atoms with E-state index in [4.69, 9.17) is 4.98 Å². The van der Waals surface area contributed by atoms with Crippen LogP contribution in [0.25, 0.3) is 0 Å². The smallest absolute Gasteiger partial charge is 0.131 e. The van der Waals surface area contributed by atoms with Gasteiger partial charge in [0, 0.05) is 12.6 Å². The average Bonchev–Trinajstić information content (AvgIpc) is 3.41. The Morgan fingerprint density at radius 3 is 1.61 bits per heavy atom. The molecule has 184 valence electrons. The largest absolute Gasteiger partial charge is 0.318 e. The van der Waals surface area contributed by atoms with Crippen LogP contribution in [0.5, 0.6) is 0 Å². The number of nitrogens with zero attached hydrogens (tertiary/aromatic N) is 2. The van der Waals surface area contributed by atoms with Crippen LogP contribution >= 0.6 is 0 Å². The third-order valence-electron chi connectivity index (χ3n) is 6.92. The van der Waals surface area contributed by atoms with Crippen LogP contribution in [0.15, 0.2) is 104 Å². The van der Waals surface area contributed by atoms with Crippen molar-refractivity contribution >= 4 is 0 Å². The zero-order chi connectivity index (χ0) is 24.9. The Balaban J connectivity index is 1.57. The first kappa shape index (κ1) is 25.5. The Morgan fingerprint density at radius 2 is 1.11 bits per heavy atom. The lowest BCUT2D eigenvalue weighted by Crippen LogP contribution is -2.36. The highest BCUT2D eigenvalue weighted by molar-refractivity contribution is 5.51. The summed E-state index contributed by atoms with van der Waals surface area (Å²) < 4.78 is 2.23. The van der Waals surface area contributed by atoms with E-state index in [9.17, 15) is 0 Å². The van der Waals surface area contributed by atoms with Gasteiger partial charge in [-0.05, 0) is 29.0 Å². The molecule has 0 N–H and O–H groups in total. The molecule has 0 amide bonds. The van der Waals surface area contributed by atoms with Crippen LogP contribution in [-0.2, 0) is 5.54 Å². The molecule has 36 heavy (non-hydrogen) atoms. The maximum Gasteiger partial charge on any atom is 0.131 e. The van der Waals surface area contributed by atoms with E-state index in [-0.39, 0.29) is 0 Å². The highest BCUT2D eigenvalue weighted by Gasteiger charge is 2.38. The van der Waals surface area contributed by atoms with E-state index in [1.54, 1.807) is 0 Å². The van der Waals surface area contributed by atoms with Crippen LogP contribution in [0.2, 0.25) is 0 Å². The maximum absolute atomic E-state index is 4.72. The van der Waals surface area contributed by atoms with Gasteiger partial charge < -0.3 is 4.57 Å². The fourth-order valence-electron chi connectivity index (χ4n) is 5.06. The summed E-state index contributed by atoms with van der Waals surface area (Å²) in [4.78, 5) is 4.72. The lowest BCUT2D eigenvalue weighted by Gasteiger charge is -2.37. The van der Waals surface area contributed by atoms with Gasteiger partial charge in [-0.3, -0.25) is 0 Å². The van der Waals surface area contributed by atoms with Crippen molar-refractivity contribution in [1.29, 1.82) is 0 Å². The highest BCUT2D eigenvalue weighted by Crippen LogP contribution is 2.40. The molecule has 0 bridgehead atoms. The van der Waals surface area contributed by atoms with E-state index in [1.165, 1.54) is 68.1 Å². The monoisotopic (exact) mass is 474 g/mol. The molecule has 1 aromatic heterocycles. The minimum Gasteiger partial charge on any atom is -0.318 e. The van der Waals surface area contributed by atoms with E-state index in [0.29, 0.717) is 0 Å². The second-order valence-electron chi connectivity index (χ2n) is 9.50. The molecule has 0 radical (unpaired) electrons. The maximum atomic E-state index is 4.72. The molecular weight excluding hydrogens is 436 g/mol. The van der Waals surface area contributed by atoms with Crippen molar-refractivity contribution in [2.45, 2.75) is 70.3 Å². The first-order chi connectivity index (χ1) is 17.9. The molecule has 0 aliphatic carbocycles. The topological polar surface area (TPSA) is 17.8 Å². The first-order valence-electron chi connectivity index (χ1n) is 13.6. The van der Waals surface area contributed by atoms with Crippen molar-refractivity contribution < 1.29 is 0 Å². The standard InChI is InChI=1S/C34H38N2/c1-2-3-4-5-6-7-8-9-10-20-27-33-28-36(29-35-33)34(30-21-14-11-15-22-30,31-23-16-12-17-24-31)32-25-18-13-19-26-32/h11-19,21-26,28-29H,2-10H2,1H3. The van der Waals surface area contributed by atoms with Gasteiger partial charge in [-0.25, -0.2) is 4.98 Å². The number of benzene rings is 3. The van der Waals surface area contributed by atoms with Crippen molar-refractivity contribution in [2.24, 2.45) is 0 Å². The summed E-state index contributed by atoms with van der Waals surface area (Å²) >= 11 is 0.